The first kappa shape index (κ1) is 20.5. The van der Waals surface area contributed by atoms with Gasteiger partial charge in [0, 0.05) is 44.6 Å². The molecule has 1 aromatic heterocycles. The molecule has 156 valence electrons. The molecule has 0 aliphatic carbocycles. The lowest BCUT2D eigenvalue weighted by molar-refractivity contribution is -0.131. The average molecular weight is 424 g/mol. The van der Waals surface area contributed by atoms with Gasteiger partial charge >= 0.3 is 0 Å². The van der Waals surface area contributed by atoms with Crippen LogP contribution in [0.2, 0.25) is 5.02 Å². The average Bonchev–Trinajstić information content (AvgIpc) is 3.23. The van der Waals surface area contributed by atoms with Gasteiger partial charge in [0.1, 0.15) is 0 Å². The van der Waals surface area contributed by atoms with Crippen LogP contribution in [0.25, 0.3) is 11.3 Å². The Kier molecular flexibility index (Phi) is 6.09. The summed E-state index contributed by atoms with van der Waals surface area (Å²) < 4.78 is 5.89. The molecule has 1 amide bonds. The molecule has 3 aromatic rings. The van der Waals surface area contributed by atoms with E-state index >= 15 is 0 Å². The molecular weight excluding hydrogens is 398 g/mol. The Morgan fingerprint density at radius 2 is 1.83 bits per heavy atom. The second-order valence-electron chi connectivity index (χ2n) is 7.74. The second kappa shape index (κ2) is 8.92. The standard InChI is InChI=1S/C24H26ClN3O2/c1-17-7-8-19(15-18(17)2)22-16-26-23(30-22)9-10-24(29)28-13-11-27(12-14-28)21-6-4-3-5-20(21)25/h3-8,15-16H,9-14H2,1-2H3. The number of hydrogen-bond acceptors (Lipinski definition) is 4. The van der Waals surface area contributed by atoms with Crippen molar-refractivity contribution >= 4 is 23.2 Å². The molecule has 1 fully saturated rings. The number of hydrogen-bond donors (Lipinski definition) is 0. The van der Waals surface area contributed by atoms with Crippen LogP contribution in [0.1, 0.15) is 23.4 Å². The number of piperazine rings is 1. The van der Waals surface area contributed by atoms with Gasteiger partial charge < -0.3 is 14.2 Å². The fraction of sp³-hybridized carbons (Fsp3) is 0.333. The summed E-state index contributed by atoms with van der Waals surface area (Å²) in [5.41, 5.74) is 4.51. The number of carbonyl (C=O) groups is 1. The Labute approximate surface area is 182 Å². The van der Waals surface area contributed by atoms with Crippen LogP contribution in [0.15, 0.2) is 53.1 Å². The number of nitrogens with zero attached hydrogens (tertiary/aromatic N) is 3. The van der Waals surface area contributed by atoms with Crippen LogP contribution in [-0.2, 0) is 11.2 Å². The van der Waals surface area contributed by atoms with Crippen molar-refractivity contribution in [2.24, 2.45) is 0 Å². The number of benzene rings is 2. The first-order valence-electron chi connectivity index (χ1n) is 10.3. The molecule has 2 aromatic carbocycles. The summed E-state index contributed by atoms with van der Waals surface area (Å²) >= 11 is 6.30. The van der Waals surface area contributed by atoms with Crippen LogP contribution in [0, 0.1) is 13.8 Å². The van der Waals surface area contributed by atoms with Crippen molar-refractivity contribution in [3.63, 3.8) is 0 Å². The molecule has 0 unspecified atom stereocenters. The van der Waals surface area contributed by atoms with Gasteiger partial charge in [-0.1, -0.05) is 35.9 Å². The van der Waals surface area contributed by atoms with Crippen molar-refractivity contribution in [2.45, 2.75) is 26.7 Å². The lowest BCUT2D eigenvalue weighted by Gasteiger charge is -2.36. The predicted octanol–water partition coefficient (Wildman–Crippen LogP) is 4.89. The van der Waals surface area contributed by atoms with E-state index in [0.29, 0.717) is 31.8 Å². The van der Waals surface area contributed by atoms with E-state index in [4.69, 9.17) is 16.0 Å². The molecule has 0 N–H and O–H groups in total. The van der Waals surface area contributed by atoms with Crippen LogP contribution < -0.4 is 4.90 Å². The number of halogens is 1. The molecule has 1 aliphatic rings. The van der Waals surface area contributed by atoms with Gasteiger partial charge in [-0.05, 0) is 43.2 Å². The Hall–Kier alpha value is -2.79. The van der Waals surface area contributed by atoms with E-state index in [1.807, 2.05) is 35.2 Å². The van der Waals surface area contributed by atoms with Gasteiger partial charge in [0.25, 0.3) is 0 Å². The van der Waals surface area contributed by atoms with Gasteiger partial charge in [0.2, 0.25) is 5.91 Å². The third-order valence-corrected chi connectivity index (χ3v) is 6.04. The number of rotatable bonds is 5. The minimum atomic E-state index is 0.139. The van der Waals surface area contributed by atoms with Gasteiger partial charge in [-0.25, -0.2) is 4.98 Å². The van der Waals surface area contributed by atoms with Crippen molar-refractivity contribution in [1.29, 1.82) is 0 Å². The zero-order valence-electron chi connectivity index (χ0n) is 17.4. The molecule has 30 heavy (non-hydrogen) atoms. The minimum absolute atomic E-state index is 0.139. The molecule has 0 bridgehead atoms. The Bertz CT molecular complexity index is 1040. The molecule has 4 rings (SSSR count). The summed E-state index contributed by atoms with van der Waals surface area (Å²) in [6.07, 6.45) is 2.65. The zero-order chi connectivity index (χ0) is 21.1. The highest BCUT2D eigenvalue weighted by Gasteiger charge is 2.22. The highest BCUT2D eigenvalue weighted by molar-refractivity contribution is 6.33. The van der Waals surface area contributed by atoms with Crippen molar-refractivity contribution < 1.29 is 9.21 Å². The Morgan fingerprint density at radius 3 is 2.57 bits per heavy atom. The normalized spacial score (nSPS) is 14.2. The molecular formula is C24H26ClN3O2. The summed E-state index contributed by atoms with van der Waals surface area (Å²) in [4.78, 5) is 21.2. The SMILES string of the molecule is Cc1ccc(-c2cnc(CCC(=O)N3CCN(c4ccccc4Cl)CC3)o2)cc1C. The third kappa shape index (κ3) is 4.51. The smallest absolute Gasteiger partial charge is 0.223 e. The van der Waals surface area contributed by atoms with Gasteiger partial charge in [0.05, 0.1) is 16.9 Å². The molecule has 1 aliphatic heterocycles. The van der Waals surface area contributed by atoms with Crippen molar-refractivity contribution in [3.8, 4) is 11.3 Å². The monoisotopic (exact) mass is 423 g/mol. The number of aryl methyl sites for hydroxylation is 3. The number of oxazole rings is 1. The quantitative estimate of drug-likeness (QED) is 0.586. The van der Waals surface area contributed by atoms with Gasteiger partial charge in [-0.3, -0.25) is 4.79 Å². The second-order valence-corrected chi connectivity index (χ2v) is 8.14. The zero-order valence-corrected chi connectivity index (χ0v) is 18.2. The van der Waals surface area contributed by atoms with Crippen LogP contribution in [0.5, 0.6) is 0 Å². The summed E-state index contributed by atoms with van der Waals surface area (Å²) in [7, 11) is 0. The largest absolute Gasteiger partial charge is 0.441 e. The van der Waals surface area contributed by atoms with Crippen LogP contribution in [0.3, 0.4) is 0 Å². The van der Waals surface area contributed by atoms with Crippen LogP contribution >= 0.6 is 11.6 Å². The number of amides is 1. The van der Waals surface area contributed by atoms with Gasteiger partial charge in [-0.15, -0.1) is 0 Å². The number of aromatic nitrogens is 1. The number of carbonyl (C=O) groups excluding carboxylic acids is 1. The first-order valence-corrected chi connectivity index (χ1v) is 10.7. The molecule has 2 heterocycles. The van der Waals surface area contributed by atoms with E-state index in [0.717, 1.165) is 35.1 Å². The number of anilines is 1. The van der Waals surface area contributed by atoms with Crippen LogP contribution in [-0.4, -0.2) is 42.0 Å². The van der Waals surface area contributed by atoms with Crippen LogP contribution in [0.4, 0.5) is 5.69 Å². The first-order chi connectivity index (χ1) is 14.5. The fourth-order valence-electron chi connectivity index (χ4n) is 3.73. The molecule has 1 saturated heterocycles. The summed E-state index contributed by atoms with van der Waals surface area (Å²) in [6.45, 7) is 7.13. The van der Waals surface area contributed by atoms with Crippen molar-refractivity contribution in [1.82, 2.24) is 9.88 Å². The molecule has 6 heteroatoms. The molecule has 0 spiro atoms. The Balaban J connectivity index is 1.30. The maximum absolute atomic E-state index is 12.7. The van der Waals surface area contributed by atoms with E-state index in [2.05, 4.69) is 35.9 Å². The summed E-state index contributed by atoms with van der Waals surface area (Å²) in [6, 6.07) is 14.1. The molecule has 5 nitrogen and oxygen atoms in total. The van der Waals surface area contributed by atoms with E-state index < -0.39 is 0 Å². The fourth-order valence-corrected chi connectivity index (χ4v) is 3.99. The summed E-state index contributed by atoms with van der Waals surface area (Å²) in [5.74, 6) is 1.49. The van der Waals surface area contributed by atoms with E-state index in [1.165, 1.54) is 11.1 Å². The van der Waals surface area contributed by atoms with E-state index in [1.54, 1.807) is 6.20 Å². The van der Waals surface area contributed by atoms with Crippen molar-refractivity contribution in [3.05, 3.63) is 70.7 Å². The van der Waals surface area contributed by atoms with Gasteiger partial charge in [0.15, 0.2) is 11.7 Å². The molecule has 0 saturated carbocycles. The highest BCUT2D eigenvalue weighted by Crippen LogP contribution is 2.26. The predicted molar refractivity (Wildman–Crippen MR) is 120 cm³/mol. The topological polar surface area (TPSA) is 49.6 Å². The maximum Gasteiger partial charge on any atom is 0.223 e. The van der Waals surface area contributed by atoms with E-state index in [9.17, 15) is 4.79 Å². The summed E-state index contributed by atoms with van der Waals surface area (Å²) in [5, 5.41) is 0.751. The molecule has 0 radical (unpaired) electrons. The lowest BCUT2D eigenvalue weighted by Crippen LogP contribution is -2.48. The third-order valence-electron chi connectivity index (χ3n) is 5.72. The number of para-hydroxylation sites is 1. The van der Waals surface area contributed by atoms with Crippen molar-refractivity contribution in [2.75, 3.05) is 31.1 Å². The van der Waals surface area contributed by atoms with E-state index in [-0.39, 0.29) is 5.91 Å². The minimum Gasteiger partial charge on any atom is -0.441 e. The maximum atomic E-state index is 12.7. The lowest BCUT2D eigenvalue weighted by atomic mass is 10.1. The van der Waals surface area contributed by atoms with Gasteiger partial charge in [-0.2, -0.15) is 0 Å². The molecule has 0 atom stereocenters. The Morgan fingerprint density at radius 1 is 1.07 bits per heavy atom. The highest BCUT2D eigenvalue weighted by atomic mass is 35.5.